The molecular formula is C6H2FS. The summed E-state index contributed by atoms with van der Waals surface area (Å²) < 4.78 is 11.2. The summed E-state index contributed by atoms with van der Waals surface area (Å²) in [6, 6.07) is 1.72. The molecule has 0 fully saturated rings. The Labute approximate surface area is 51.0 Å². The zero-order valence-corrected chi connectivity index (χ0v) is 4.76. The van der Waals surface area contributed by atoms with Crippen molar-refractivity contribution in [3.8, 4) is 12.1 Å². The van der Waals surface area contributed by atoms with Crippen molar-refractivity contribution in [2.45, 2.75) is 0 Å². The molecule has 0 atom stereocenters. The minimum absolute atomic E-state index is 0.623. The summed E-state index contributed by atoms with van der Waals surface area (Å²) in [6.07, 6.45) is 1.30. The van der Waals surface area contributed by atoms with Gasteiger partial charge in [0.1, 0.15) is 6.17 Å². The second-order valence-corrected chi connectivity index (χ2v) is 1.87. The fourth-order valence-corrected chi connectivity index (χ4v) is 0.870. The molecule has 0 aliphatic heterocycles. The minimum atomic E-state index is 0.623. The second-order valence-electron chi connectivity index (χ2n) is 1.16. The SMILES string of the molecule is FC#Cc1[c]scc1. The van der Waals surface area contributed by atoms with Crippen molar-refractivity contribution >= 4 is 11.3 Å². The highest BCUT2D eigenvalue weighted by Gasteiger charge is 1.82. The van der Waals surface area contributed by atoms with Gasteiger partial charge in [0.15, 0.2) is 0 Å². The van der Waals surface area contributed by atoms with Gasteiger partial charge in [-0.1, -0.05) is 0 Å². The van der Waals surface area contributed by atoms with Gasteiger partial charge in [0.05, 0.1) is 5.38 Å². The van der Waals surface area contributed by atoms with Crippen LogP contribution in [-0.4, -0.2) is 0 Å². The van der Waals surface area contributed by atoms with Crippen molar-refractivity contribution in [1.29, 1.82) is 0 Å². The zero-order chi connectivity index (χ0) is 5.82. The van der Waals surface area contributed by atoms with Gasteiger partial charge in [0.25, 0.3) is 0 Å². The molecule has 1 rings (SSSR count). The third-order valence-electron chi connectivity index (χ3n) is 0.654. The first-order valence-electron chi connectivity index (χ1n) is 2.00. The molecule has 0 saturated carbocycles. The Morgan fingerprint density at radius 2 is 2.62 bits per heavy atom. The maximum Gasteiger partial charge on any atom is 0.111 e. The fourth-order valence-electron chi connectivity index (χ4n) is 0.352. The van der Waals surface area contributed by atoms with E-state index in [1.165, 1.54) is 17.5 Å². The lowest BCUT2D eigenvalue weighted by Crippen LogP contribution is -1.57. The zero-order valence-electron chi connectivity index (χ0n) is 3.94. The largest absolute Gasteiger partial charge is 0.144 e. The standard InChI is InChI=1S/C6H2FS/c7-3-1-6-2-4-8-5-6/h2,4H. The number of rotatable bonds is 0. The van der Waals surface area contributed by atoms with Gasteiger partial charge in [-0.05, 0) is 17.4 Å². The van der Waals surface area contributed by atoms with Crippen molar-refractivity contribution in [2.24, 2.45) is 0 Å². The van der Waals surface area contributed by atoms with E-state index in [9.17, 15) is 4.39 Å². The van der Waals surface area contributed by atoms with Gasteiger partial charge < -0.3 is 0 Å². The molecule has 1 aromatic rings. The van der Waals surface area contributed by atoms with Crippen molar-refractivity contribution < 1.29 is 4.39 Å². The maximum absolute atomic E-state index is 11.2. The number of hydrogen-bond acceptors (Lipinski definition) is 1. The highest BCUT2D eigenvalue weighted by molar-refractivity contribution is 7.07. The van der Waals surface area contributed by atoms with Crippen LogP contribution >= 0.6 is 11.3 Å². The lowest BCUT2D eigenvalue weighted by atomic mass is 10.4. The van der Waals surface area contributed by atoms with Crippen LogP contribution in [0.4, 0.5) is 4.39 Å². The molecule has 0 nitrogen and oxygen atoms in total. The van der Waals surface area contributed by atoms with Crippen molar-refractivity contribution in [2.75, 3.05) is 0 Å². The molecule has 0 N–H and O–H groups in total. The Morgan fingerprint density at radius 1 is 1.75 bits per heavy atom. The lowest BCUT2D eigenvalue weighted by Gasteiger charge is -1.66. The summed E-state index contributed by atoms with van der Waals surface area (Å²) in [6.45, 7) is 0. The topological polar surface area (TPSA) is 0 Å². The second kappa shape index (κ2) is 2.49. The van der Waals surface area contributed by atoms with E-state index in [2.05, 4.69) is 11.3 Å². The Morgan fingerprint density at radius 3 is 3.12 bits per heavy atom. The first kappa shape index (κ1) is 5.33. The average molecular weight is 125 g/mol. The molecule has 0 unspecified atom stereocenters. The molecule has 0 bridgehead atoms. The minimum Gasteiger partial charge on any atom is -0.144 e. The van der Waals surface area contributed by atoms with Gasteiger partial charge in [-0.15, -0.1) is 15.7 Å². The lowest BCUT2D eigenvalue weighted by molar-refractivity contribution is 0.774. The van der Waals surface area contributed by atoms with E-state index in [1.807, 2.05) is 0 Å². The van der Waals surface area contributed by atoms with E-state index in [0.717, 1.165) is 0 Å². The summed E-state index contributed by atoms with van der Waals surface area (Å²) in [4.78, 5) is 0. The molecule has 1 aromatic heterocycles. The Hall–Kier alpha value is -0.810. The summed E-state index contributed by atoms with van der Waals surface area (Å²) >= 11 is 1.39. The quantitative estimate of drug-likeness (QED) is 0.464. The molecule has 0 spiro atoms. The van der Waals surface area contributed by atoms with Gasteiger partial charge in [0, 0.05) is 5.56 Å². The maximum atomic E-state index is 11.2. The average Bonchev–Trinajstić information content (AvgIpc) is 2.19. The third-order valence-corrected chi connectivity index (χ3v) is 1.26. The first-order chi connectivity index (χ1) is 3.93. The van der Waals surface area contributed by atoms with E-state index in [1.54, 1.807) is 11.4 Å². The molecule has 1 radical (unpaired) electrons. The Balaban J connectivity index is 2.88. The number of hydrogen-bond donors (Lipinski definition) is 0. The molecule has 1 heterocycles. The van der Waals surface area contributed by atoms with Crippen molar-refractivity contribution in [3.63, 3.8) is 0 Å². The number of thiophene rings is 1. The van der Waals surface area contributed by atoms with Gasteiger partial charge in [-0.3, -0.25) is 0 Å². The van der Waals surface area contributed by atoms with E-state index in [4.69, 9.17) is 0 Å². The van der Waals surface area contributed by atoms with Crippen LogP contribution in [0.25, 0.3) is 0 Å². The van der Waals surface area contributed by atoms with Crippen molar-refractivity contribution in [3.05, 3.63) is 22.4 Å². The fraction of sp³-hybridized carbons (Fsp3) is 0. The first-order valence-corrected chi connectivity index (χ1v) is 2.88. The molecule has 0 aliphatic rings. The van der Waals surface area contributed by atoms with Gasteiger partial charge in [-0.25, -0.2) is 0 Å². The third kappa shape index (κ3) is 1.08. The highest BCUT2D eigenvalue weighted by atomic mass is 32.1. The van der Waals surface area contributed by atoms with Crippen molar-refractivity contribution in [1.82, 2.24) is 0 Å². The molecule has 0 saturated heterocycles. The van der Waals surface area contributed by atoms with E-state index < -0.39 is 0 Å². The summed E-state index contributed by atoms with van der Waals surface area (Å²) in [5, 5.41) is 4.57. The van der Waals surface area contributed by atoms with Crippen LogP contribution in [0.1, 0.15) is 5.56 Å². The smallest absolute Gasteiger partial charge is 0.111 e. The van der Waals surface area contributed by atoms with Crippen LogP contribution < -0.4 is 0 Å². The van der Waals surface area contributed by atoms with Crippen LogP contribution in [0.15, 0.2) is 11.4 Å². The molecule has 8 heavy (non-hydrogen) atoms. The molecule has 0 amide bonds. The van der Waals surface area contributed by atoms with Crippen LogP contribution in [0, 0.1) is 17.5 Å². The monoisotopic (exact) mass is 125 g/mol. The molecular weight excluding hydrogens is 123 g/mol. The Kier molecular flexibility index (Phi) is 1.66. The molecule has 0 aromatic carbocycles. The predicted molar refractivity (Wildman–Crippen MR) is 31.1 cm³/mol. The number of halogens is 1. The summed E-state index contributed by atoms with van der Waals surface area (Å²) in [5.41, 5.74) is 0.623. The summed E-state index contributed by atoms with van der Waals surface area (Å²) in [5.74, 6) is 2.23. The van der Waals surface area contributed by atoms with E-state index in [-0.39, 0.29) is 0 Å². The van der Waals surface area contributed by atoms with Crippen LogP contribution in [0.5, 0.6) is 0 Å². The molecule has 0 aliphatic carbocycles. The van der Waals surface area contributed by atoms with Gasteiger partial charge >= 0.3 is 0 Å². The van der Waals surface area contributed by atoms with Gasteiger partial charge in [-0.2, -0.15) is 0 Å². The van der Waals surface area contributed by atoms with Crippen LogP contribution in [0.3, 0.4) is 0 Å². The molecule has 2 heteroatoms. The van der Waals surface area contributed by atoms with E-state index in [0.29, 0.717) is 5.56 Å². The van der Waals surface area contributed by atoms with Gasteiger partial charge in [0.2, 0.25) is 0 Å². The normalized spacial score (nSPS) is 7.62. The summed E-state index contributed by atoms with van der Waals surface area (Å²) in [7, 11) is 0. The van der Waals surface area contributed by atoms with Crippen LogP contribution in [0.2, 0.25) is 0 Å². The predicted octanol–water partition coefficient (Wildman–Crippen LogP) is 1.83. The molecule has 39 valence electrons. The Bertz CT molecular complexity index is 202. The van der Waals surface area contributed by atoms with Crippen LogP contribution in [-0.2, 0) is 0 Å². The highest BCUT2D eigenvalue weighted by Crippen LogP contribution is 2.01. The van der Waals surface area contributed by atoms with E-state index >= 15 is 0 Å².